The molecule has 1 amide bonds. The summed E-state index contributed by atoms with van der Waals surface area (Å²) >= 11 is 0. The molecule has 138 valence electrons. The van der Waals surface area contributed by atoms with Crippen LogP contribution in [0.1, 0.15) is 41.3 Å². The van der Waals surface area contributed by atoms with Gasteiger partial charge in [0.2, 0.25) is 0 Å². The molecule has 5 nitrogen and oxygen atoms in total. The van der Waals surface area contributed by atoms with Crippen LogP contribution in [0.4, 0.5) is 0 Å². The highest BCUT2D eigenvalue weighted by Gasteiger charge is 2.09. The summed E-state index contributed by atoms with van der Waals surface area (Å²) in [5.74, 6) is -0.0663. The van der Waals surface area contributed by atoms with Gasteiger partial charge in [0.1, 0.15) is 18.9 Å². The van der Waals surface area contributed by atoms with Gasteiger partial charge in [0, 0.05) is 5.56 Å². The first kappa shape index (κ1) is 19.5. The molecule has 1 N–H and O–H groups in total. The first-order valence-electron chi connectivity index (χ1n) is 8.80. The molecule has 0 spiro atoms. The smallest absolute Gasteiger partial charge is 0.325 e. The largest absolute Gasteiger partial charge is 0.494 e. The van der Waals surface area contributed by atoms with Crippen LogP contribution >= 0.6 is 0 Å². The second-order valence-electron chi connectivity index (χ2n) is 6.06. The highest BCUT2D eigenvalue weighted by Crippen LogP contribution is 2.12. The topological polar surface area (TPSA) is 64.6 Å². The first-order valence-corrected chi connectivity index (χ1v) is 8.80. The fraction of sp³-hybridized carbons (Fsp3) is 0.333. The number of hydrogen-bond acceptors (Lipinski definition) is 4. The molecule has 0 saturated carbocycles. The SMILES string of the molecule is CCCCOc1ccc(C(=O)NCC(=O)OCc2ccc(C)cc2)cc1. The average molecular weight is 355 g/mol. The lowest BCUT2D eigenvalue weighted by molar-refractivity contribution is -0.143. The van der Waals surface area contributed by atoms with E-state index in [1.54, 1.807) is 24.3 Å². The van der Waals surface area contributed by atoms with Crippen LogP contribution in [0.2, 0.25) is 0 Å². The third kappa shape index (κ3) is 6.59. The molecule has 2 aromatic carbocycles. The van der Waals surface area contributed by atoms with Crippen molar-refractivity contribution in [3.8, 4) is 5.75 Å². The standard InChI is InChI=1S/C21H25NO4/c1-3-4-13-25-19-11-9-18(10-12-19)21(24)22-14-20(23)26-15-17-7-5-16(2)6-8-17/h5-12H,3-4,13-15H2,1-2H3,(H,22,24). The van der Waals surface area contributed by atoms with Crippen molar-refractivity contribution in [1.82, 2.24) is 5.32 Å². The van der Waals surface area contributed by atoms with Gasteiger partial charge in [-0.1, -0.05) is 43.2 Å². The van der Waals surface area contributed by atoms with Crippen molar-refractivity contribution in [2.24, 2.45) is 0 Å². The highest BCUT2D eigenvalue weighted by molar-refractivity contribution is 5.96. The summed E-state index contributed by atoms with van der Waals surface area (Å²) in [4.78, 5) is 23.8. The monoisotopic (exact) mass is 355 g/mol. The maximum Gasteiger partial charge on any atom is 0.325 e. The summed E-state index contributed by atoms with van der Waals surface area (Å²) in [7, 11) is 0. The molecular weight excluding hydrogens is 330 g/mol. The van der Waals surface area contributed by atoms with E-state index in [0.717, 1.165) is 29.7 Å². The second-order valence-corrected chi connectivity index (χ2v) is 6.06. The molecular formula is C21H25NO4. The molecule has 0 radical (unpaired) electrons. The number of amides is 1. The Kier molecular flexibility index (Phi) is 7.68. The summed E-state index contributed by atoms with van der Waals surface area (Å²) in [6, 6.07) is 14.6. The van der Waals surface area contributed by atoms with E-state index < -0.39 is 5.97 Å². The number of hydrogen-bond donors (Lipinski definition) is 1. The molecule has 0 aliphatic carbocycles. The number of rotatable bonds is 9. The second kappa shape index (κ2) is 10.2. The summed E-state index contributed by atoms with van der Waals surface area (Å²) in [5.41, 5.74) is 2.53. The zero-order valence-corrected chi connectivity index (χ0v) is 15.3. The molecule has 2 rings (SSSR count). The molecule has 0 bridgehead atoms. The van der Waals surface area contributed by atoms with Crippen molar-refractivity contribution in [3.05, 3.63) is 65.2 Å². The van der Waals surface area contributed by atoms with E-state index in [4.69, 9.17) is 9.47 Å². The number of benzene rings is 2. The minimum Gasteiger partial charge on any atom is -0.494 e. The van der Waals surface area contributed by atoms with Gasteiger partial charge in [-0.3, -0.25) is 9.59 Å². The molecule has 0 heterocycles. The van der Waals surface area contributed by atoms with E-state index in [0.29, 0.717) is 12.2 Å². The quantitative estimate of drug-likeness (QED) is 0.551. The Labute approximate surface area is 154 Å². The van der Waals surface area contributed by atoms with Crippen molar-refractivity contribution in [2.45, 2.75) is 33.3 Å². The van der Waals surface area contributed by atoms with Gasteiger partial charge in [0.15, 0.2) is 0 Å². The lowest BCUT2D eigenvalue weighted by atomic mass is 10.2. The van der Waals surface area contributed by atoms with Crippen LogP contribution in [-0.2, 0) is 16.1 Å². The number of nitrogens with one attached hydrogen (secondary N) is 1. The van der Waals surface area contributed by atoms with Crippen LogP contribution in [-0.4, -0.2) is 25.0 Å². The maximum atomic E-state index is 12.1. The van der Waals surface area contributed by atoms with Crippen LogP contribution in [0.3, 0.4) is 0 Å². The maximum absolute atomic E-state index is 12.1. The third-order valence-corrected chi connectivity index (χ3v) is 3.80. The predicted molar refractivity (Wildman–Crippen MR) is 100 cm³/mol. The molecule has 2 aromatic rings. The molecule has 0 saturated heterocycles. The molecule has 0 fully saturated rings. The summed E-state index contributed by atoms with van der Waals surface area (Å²) in [5, 5.41) is 2.56. The van der Waals surface area contributed by atoms with Gasteiger partial charge < -0.3 is 14.8 Å². The first-order chi connectivity index (χ1) is 12.6. The van der Waals surface area contributed by atoms with Gasteiger partial charge in [-0.15, -0.1) is 0 Å². The van der Waals surface area contributed by atoms with Crippen LogP contribution in [0.5, 0.6) is 5.75 Å². The van der Waals surface area contributed by atoms with E-state index in [-0.39, 0.29) is 19.1 Å². The van der Waals surface area contributed by atoms with Crippen molar-refractivity contribution in [2.75, 3.05) is 13.2 Å². The van der Waals surface area contributed by atoms with Gasteiger partial charge in [-0.25, -0.2) is 0 Å². The van der Waals surface area contributed by atoms with Gasteiger partial charge in [0.05, 0.1) is 6.61 Å². The number of esters is 1. The van der Waals surface area contributed by atoms with Gasteiger partial charge in [0.25, 0.3) is 5.91 Å². The zero-order valence-electron chi connectivity index (χ0n) is 15.3. The Morgan fingerprint density at radius 3 is 2.35 bits per heavy atom. The lowest BCUT2D eigenvalue weighted by Gasteiger charge is -2.08. The van der Waals surface area contributed by atoms with Crippen LogP contribution < -0.4 is 10.1 Å². The van der Waals surface area contributed by atoms with E-state index in [1.165, 1.54) is 0 Å². The minimum atomic E-state index is -0.474. The number of aryl methyl sites for hydroxylation is 1. The molecule has 5 heteroatoms. The number of carbonyl (C=O) groups excluding carboxylic acids is 2. The number of carbonyl (C=O) groups is 2. The van der Waals surface area contributed by atoms with E-state index >= 15 is 0 Å². The van der Waals surface area contributed by atoms with Crippen molar-refractivity contribution >= 4 is 11.9 Å². The Balaban J connectivity index is 1.73. The predicted octanol–water partition coefficient (Wildman–Crippen LogP) is 3.65. The molecule has 0 unspecified atom stereocenters. The summed E-state index contributed by atoms with van der Waals surface area (Å²) in [6.07, 6.45) is 2.06. The van der Waals surface area contributed by atoms with Crippen molar-refractivity contribution in [1.29, 1.82) is 0 Å². The molecule has 0 aromatic heterocycles. The number of unbranched alkanes of at least 4 members (excludes halogenated alkanes) is 1. The lowest BCUT2D eigenvalue weighted by Crippen LogP contribution is -2.30. The van der Waals surface area contributed by atoms with Crippen molar-refractivity contribution < 1.29 is 19.1 Å². The zero-order chi connectivity index (χ0) is 18.8. The Morgan fingerprint density at radius 1 is 1.00 bits per heavy atom. The fourth-order valence-electron chi connectivity index (χ4n) is 2.19. The molecule has 26 heavy (non-hydrogen) atoms. The Morgan fingerprint density at radius 2 is 1.69 bits per heavy atom. The Bertz CT molecular complexity index is 708. The highest BCUT2D eigenvalue weighted by atomic mass is 16.5. The molecule has 0 aliphatic heterocycles. The molecule has 0 aliphatic rings. The normalized spacial score (nSPS) is 10.2. The average Bonchev–Trinajstić information content (AvgIpc) is 2.66. The van der Waals surface area contributed by atoms with Crippen molar-refractivity contribution in [3.63, 3.8) is 0 Å². The van der Waals surface area contributed by atoms with Gasteiger partial charge in [-0.05, 0) is 43.2 Å². The molecule has 0 atom stereocenters. The van der Waals surface area contributed by atoms with E-state index in [9.17, 15) is 9.59 Å². The van der Waals surface area contributed by atoms with E-state index in [1.807, 2.05) is 31.2 Å². The van der Waals surface area contributed by atoms with Gasteiger partial charge in [-0.2, -0.15) is 0 Å². The summed E-state index contributed by atoms with van der Waals surface area (Å²) in [6.45, 7) is 4.78. The number of ether oxygens (including phenoxy) is 2. The van der Waals surface area contributed by atoms with Gasteiger partial charge >= 0.3 is 5.97 Å². The fourth-order valence-corrected chi connectivity index (χ4v) is 2.19. The van der Waals surface area contributed by atoms with E-state index in [2.05, 4.69) is 12.2 Å². The minimum absolute atomic E-state index is 0.167. The Hall–Kier alpha value is -2.82. The summed E-state index contributed by atoms with van der Waals surface area (Å²) < 4.78 is 10.7. The third-order valence-electron chi connectivity index (χ3n) is 3.80. The van der Waals surface area contributed by atoms with Crippen LogP contribution in [0.25, 0.3) is 0 Å². The van der Waals surface area contributed by atoms with Crippen LogP contribution in [0.15, 0.2) is 48.5 Å². The van der Waals surface area contributed by atoms with Crippen LogP contribution in [0, 0.1) is 6.92 Å².